The molecule has 3 aliphatic heterocycles. The molecule has 0 radical (unpaired) electrons. The van der Waals surface area contributed by atoms with E-state index in [0.717, 1.165) is 85.8 Å². The second-order valence-electron chi connectivity index (χ2n) is 13.5. The Labute approximate surface area is 284 Å². The predicted molar refractivity (Wildman–Crippen MR) is 186 cm³/mol. The van der Waals surface area contributed by atoms with Crippen LogP contribution in [0.4, 0.5) is 22.9 Å². The van der Waals surface area contributed by atoms with Crippen LogP contribution in [0.2, 0.25) is 0 Å². The highest BCUT2D eigenvalue weighted by atomic mass is 16.2. The molecule has 1 saturated carbocycles. The highest BCUT2D eigenvalue weighted by molar-refractivity contribution is 6.02. The zero-order valence-electron chi connectivity index (χ0n) is 27.8. The van der Waals surface area contributed by atoms with Crippen LogP contribution in [0.5, 0.6) is 0 Å². The predicted octanol–water partition coefficient (Wildman–Crippen LogP) is 4.03. The third kappa shape index (κ3) is 5.99. The van der Waals surface area contributed by atoms with Crippen molar-refractivity contribution < 1.29 is 14.4 Å². The van der Waals surface area contributed by atoms with Crippen molar-refractivity contribution in [3.8, 4) is 11.1 Å². The topological polar surface area (TPSA) is 141 Å². The first kappa shape index (κ1) is 31.0. The van der Waals surface area contributed by atoms with E-state index in [0.29, 0.717) is 35.9 Å². The number of benzene rings is 1. The number of anilines is 4. The zero-order valence-corrected chi connectivity index (χ0v) is 27.8. The second kappa shape index (κ2) is 12.6. The van der Waals surface area contributed by atoms with Gasteiger partial charge in [-0.2, -0.15) is 5.10 Å². The molecule has 1 aromatic carbocycles. The van der Waals surface area contributed by atoms with E-state index in [1.54, 1.807) is 13.1 Å². The molecule has 0 bridgehead atoms. The Bertz CT molecular complexity index is 1940. The lowest BCUT2D eigenvalue weighted by Gasteiger charge is -2.40. The van der Waals surface area contributed by atoms with Crippen LogP contribution in [0, 0.1) is 5.92 Å². The number of carbonyl (C=O) groups excluding carboxylic acids is 3. The van der Waals surface area contributed by atoms with E-state index in [1.807, 2.05) is 41.4 Å². The molecule has 3 N–H and O–H groups in total. The van der Waals surface area contributed by atoms with Crippen molar-refractivity contribution in [2.45, 2.75) is 44.8 Å². The fourth-order valence-electron chi connectivity index (χ4n) is 7.15. The number of para-hydroxylation sites is 1. The van der Waals surface area contributed by atoms with Crippen LogP contribution < -0.4 is 20.9 Å². The lowest BCUT2D eigenvalue weighted by atomic mass is 9.97. The van der Waals surface area contributed by atoms with Gasteiger partial charge in [-0.25, -0.2) is 9.97 Å². The number of fused-ring (bicyclic) bond motifs is 3. The third-order valence-electron chi connectivity index (χ3n) is 9.93. The van der Waals surface area contributed by atoms with E-state index >= 15 is 0 Å². The van der Waals surface area contributed by atoms with Gasteiger partial charge in [-0.1, -0.05) is 18.2 Å². The molecule has 3 aromatic heterocycles. The second-order valence-corrected chi connectivity index (χ2v) is 13.5. The summed E-state index contributed by atoms with van der Waals surface area (Å²) in [6.45, 7) is 4.69. The van der Waals surface area contributed by atoms with Crippen LogP contribution in [0.15, 0.2) is 54.9 Å². The van der Waals surface area contributed by atoms with Crippen molar-refractivity contribution in [2.24, 2.45) is 5.92 Å². The van der Waals surface area contributed by atoms with Gasteiger partial charge in [0.15, 0.2) is 0 Å². The van der Waals surface area contributed by atoms with Crippen molar-refractivity contribution in [3.63, 3.8) is 0 Å². The van der Waals surface area contributed by atoms with Gasteiger partial charge in [0, 0.05) is 76.1 Å². The van der Waals surface area contributed by atoms with Gasteiger partial charge in [-0.15, -0.1) is 0 Å². The lowest BCUT2D eigenvalue weighted by Crippen LogP contribution is -2.48. The number of carbonyl (C=O) groups is 3. The Kier molecular flexibility index (Phi) is 7.98. The SMILES string of the molecule is CNC(=O)c1cnc(NC(=O)C2CC2)cc1Nc1cccc2c1N(C)Cc1c-2cnn1C1CN(Cc2cccc(C(=O)N3CCCC3)n2)C1. The van der Waals surface area contributed by atoms with E-state index in [2.05, 4.69) is 48.5 Å². The van der Waals surface area contributed by atoms with Gasteiger partial charge in [0.2, 0.25) is 5.91 Å². The Morgan fingerprint density at radius 3 is 2.53 bits per heavy atom. The molecular weight excluding hydrogens is 620 g/mol. The molecule has 4 aromatic rings. The number of hydrogen-bond acceptors (Lipinski definition) is 9. The van der Waals surface area contributed by atoms with Crippen LogP contribution in [0.3, 0.4) is 0 Å². The number of rotatable bonds is 9. The summed E-state index contributed by atoms with van der Waals surface area (Å²) in [5.74, 6) is 0.155. The summed E-state index contributed by atoms with van der Waals surface area (Å²) in [6.07, 6.45) is 7.35. The summed E-state index contributed by atoms with van der Waals surface area (Å²) in [4.78, 5) is 53.6. The minimum atomic E-state index is -0.273. The van der Waals surface area contributed by atoms with Crippen molar-refractivity contribution in [2.75, 3.05) is 55.8 Å². The maximum Gasteiger partial charge on any atom is 0.272 e. The van der Waals surface area contributed by atoms with Gasteiger partial charge in [0.1, 0.15) is 11.5 Å². The van der Waals surface area contributed by atoms with Gasteiger partial charge in [-0.05, 0) is 43.9 Å². The van der Waals surface area contributed by atoms with Crippen LogP contribution in [-0.4, -0.2) is 87.5 Å². The first-order valence-corrected chi connectivity index (χ1v) is 17.0. The number of nitrogens with one attached hydrogen (secondary N) is 3. The third-order valence-corrected chi connectivity index (χ3v) is 9.93. The van der Waals surface area contributed by atoms with Crippen LogP contribution in [0.25, 0.3) is 11.1 Å². The Hall–Kier alpha value is -5.30. The molecule has 6 heterocycles. The van der Waals surface area contributed by atoms with Gasteiger partial charge in [0.25, 0.3) is 11.8 Å². The normalized spacial score (nSPS) is 17.3. The number of aromatic nitrogens is 4. The van der Waals surface area contributed by atoms with Gasteiger partial charge in [0.05, 0.1) is 52.8 Å². The molecule has 4 aliphatic rings. The van der Waals surface area contributed by atoms with Crippen LogP contribution in [0.1, 0.15) is 64.0 Å². The van der Waals surface area contributed by atoms with E-state index in [9.17, 15) is 14.4 Å². The summed E-state index contributed by atoms with van der Waals surface area (Å²) in [5, 5.41) is 13.9. The average molecular weight is 661 g/mol. The molecule has 49 heavy (non-hydrogen) atoms. The highest BCUT2D eigenvalue weighted by Gasteiger charge is 2.35. The van der Waals surface area contributed by atoms with Crippen LogP contribution in [-0.2, 0) is 17.9 Å². The Balaban J connectivity index is 0.992. The lowest BCUT2D eigenvalue weighted by molar-refractivity contribution is -0.117. The number of nitrogens with zero attached hydrogens (tertiary/aromatic N) is 7. The molecular formula is C36H40N10O3. The van der Waals surface area contributed by atoms with Crippen LogP contribution >= 0.6 is 0 Å². The molecule has 3 amide bonds. The van der Waals surface area contributed by atoms with Gasteiger partial charge < -0.3 is 25.8 Å². The molecule has 0 spiro atoms. The first-order valence-electron chi connectivity index (χ1n) is 17.0. The summed E-state index contributed by atoms with van der Waals surface area (Å²) >= 11 is 0. The van der Waals surface area contributed by atoms with Crippen molar-refractivity contribution in [1.29, 1.82) is 0 Å². The fraction of sp³-hybridized carbons (Fsp3) is 0.389. The quantitative estimate of drug-likeness (QED) is 0.243. The highest BCUT2D eigenvalue weighted by Crippen LogP contribution is 2.45. The molecule has 8 rings (SSSR count). The van der Waals surface area contributed by atoms with E-state index < -0.39 is 0 Å². The number of pyridine rings is 2. The number of hydrogen-bond donors (Lipinski definition) is 3. The minimum absolute atomic E-state index is 0.0292. The molecule has 0 unspecified atom stereocenters. The van der Waals surface area contributed by atoms with E-state index in [4.69, 9.17) is 10.1 Å². The molecule has 3 fully saturated rings. The van der Waals surface area contributed by atoms with Gasteiger partial charge in [-0.3, -0.25) is 24.0 Å². The molecule has 252 valence electrons. The molecule has 2 saturated heterocycles. The first-order chi connectivity index (χ1) is 23.9. The van der Waals surface area contributed by atoms with Crippen molar-refractivity contribution >= 4 is 40.6 Å². The van der Waals surface area contributed by atoms with E-state index in [-0.39, 0.29) is 29.7 Å². The van der Waals surface area contributed by atoms with Crippen molar-refractivity contribution in [3.05, 3.63) is 77.5 Å². The summed E-state index contributed by atoms with van der Waals surface area (Å²) < 4.78 is 2.16. The fourth-order valence-corrected chi connectivity index (χ4v) is 7.15. The Morgan fingerprint density at radius 1 is 0.959 bits per heavy atom. The zero-order chi connectivity index (χ0) is 33.6. The standard InChI is InChI=1S/C36H40N10O3/c1-37-35(48)27-16-38-32(42-34(47)22-11-12-22)15-30(27)41-28-9-6-8-25-26-17-39-46(31(26)21-43(2)33(25)28)24-19-44(20-24)18-23-7-5-10-29(40-23)36(49)45-13-3-4-14-45/h5-10,15-17,22,24H,3-4,11-14,18-21H2,1-2H3,(H,37,48)(H2,38,41,42,47). The monoisotopic (exact) mass is 660 g/mol. The smallest absolute Gasteiger partial charge is 0.272 e. The average Bonchev–Trinajstić information content (AvgIpc) is 3.65. The maximum absolute atomic E-state index is 12.9. The van der Waals surface area contributed by atoms with E-state index in [1.165, 1.54) is 6.20 Å². The minimum Gasteiger partial charge on any atom is -0.366 e. The largest absolute Gasteiger partial charge is 0.366 e. The number of amides is 3. The molecule has 13 nitrogen and oxygen atoms in total. The summed E-state index contributed by atoms with van der Waals surface area (Å²) in [6, 6.07) is 13.8. The maximum atomic E-state index is 12.9. The Morgan fingerprint density at radius 2 is 1.76 bits per heavy atom. The molecule has 0 atom stereocenters. The number of likely N-dealkylation sites (tertiary alicyclic amines) is 2. The summed E-state index contributed by atoms with van der Waals surface area (Å²) in [7, 11) is 3.65. The molecule has 13 heteroatoms. The molecule has 1 aliphatic carbocycles. The van der Waals surface area contributed by atoms with Crippen molar-refractivity contribution in [1.82, 2.24) is 34.9 Å². The van der Waals surface area contributed by atoms with Gasteiger partial charge >= 0.3 is 0 Å². The summed E-state index contributed by atoms with van der Waals surface area (Å²) in [5.41, 5.74) is 7.51.